The normalized spacial score (nSPS) is 12.6. The molecule has 3 aromatic rings. The summed E-state index contributed by atoms with van der Waals surface area (Å²) in [7, 11) is 0. The minimum absolute atomic E-state index is 0.239. The van der Waals surface area contributed by atoms with E-state index in [-0.39, 0.29) is 5.91 Å². The van der Waals surface area contributed by atoms with Gasteiger partial charge in [-0.05, 0) is 53.8 Å². The van der Waals surface area contributed by atoms with E-state index in [1.807, 2.05) is 6.07 Å². The second-order valence-corrected chi connectivity index (χ2v) is 7.90. The number of hydrogen-bond acceptors (Lipinski definition) is 3. The average molecular weight is 405 g/mol. The molecule has 1 atom stereocenters. The maximum atomic E-state index is 12.1. The summed E-state index contributed by atoms with van der Waals surface area (Å²) in [6.07, 6.45) is 4.23. The van der Waals surface area contributed by atoms with E-state index in [1.54, 1.807) is 24.3 Å². The lowest BCUT2D eigenvalue weighted by molar-refractivity contribution is -0.111. The van der Waals surface area contributed by atoms with Gasteiger partial charge in [-0.25, -0.2) is 4.98 Å². The first-order chi connectivity index (χ1) is 12.5. The number of aromatic nitrogens is 1. The molecule has 0 aliphatic rings. The summed E-state index contributed by atoms with van der Waals surface area (Å²) in [6.45, 7) is 4.38. The highest BCUT2D eigenvalue weighted by atomic mass is 35.5. The molecule has 0 fully saturated rings. The van der Waals surface area contributed by atoms with Crippen molar-refractivity contribution >= 4 is 61.9 Å². The summed E-state index contributed by atoms with van der Waals surface area (Å²) < 4.78 is 1.08. The van der Waals surface area contributed by atoms with Crippen LogP contribution < -0.4 is 5.32 Å². The lowest BCUT2D eigenvalue weighted by Crippen LogP contribution is -2.07. The molecule has 0 aliphatic heterocycles. The van der Waals surface area contributed by atoms with Gasteiger partial charge in [0.25, 0.3) is 0 Å². The zero-order valence-electron chi connectivity index (χ0n) is 14.4. The Balaban J connectivity index is 1.72. The third-order valence-corrected chi connectivity index (χ3v) is 5.87. The number of thiazole rings is 1. The Hall–Kier alpha value is -1.88. The minimum atomic E-state index is -0.239. The van der Waals surface area contributed by atoms with E-state index in [1.165, 1.54) is 23.0 Å². The predicted molar refractivity (Wildman–Crippen MR) is 112 cm³/mol. The molecule has 0 saturated carbocycles. The smallest absolute Gasteiger partial charge is 0.250 e. The highest BCUT2D eigenvalue weighted by Crippen LogP contribution is 2.30. The number of nitrogens with zero attached hydrogens (tertiary/aromatic N) is 1. The molecule has 1 unspecified atom stereocenters. The molecule has 3 nitrogen and oxygen atoms in total. The van der Waals surface area contributed by atoms with Gasteiger partial charge in [0.15, 0.2) is 5.13 Å². The summed E-state index contributed by atoms with van der Waals surface area (Å²) >= 11 is 13.3. The Morgan fingerprint density at radius 1 is 1.23 bits per heavy atom. The second kappa shape index (κ2) is 8.21. The standard InChI is InChI=1S/C20H18Cl2N2OS/c1-3-12(2)14-6-8-17-18(11-14)26-20(23-17)24-19(25)9-5-13-4-7-15(21)16(22)10-13/h4-12H,3H2,1-2H3,(H,23,24,25)/b9-5+. The summed E-state index contributed by atoms with van der Waals surface area (Å²) in [5.74, 6) is 0.269. The van der Waals surface area contributed by atoms with Crippen molar-refractivity contribution < 1.29 is 4.79 Å². The molecule has 1 amide bonds. The van der Waals surface area contributed by atoms with Crippen LogP contribution in [0, 0.1) is 0 Å². The van der Waals surface area contributed by atoms with Gasteiger partial charge in [0.05, 0.1) is 20.3 Å². The van der Waals surface area contributed by atoms with Crippen LogP contribution in [0.15, 0.2) is 42.5 Å². The van der Waals surface area contributed by atoms with Crippen LogP contribution >= 0.6 is 34.5 Å². The molecule has 1 N–H and O–H groups in total. The number of hydrogen-bond donors (Lipinski definition) is 1. The molecular formula is C20H18Cl2N2OS. The van der Waals surface area contributed by atoms with Crippen molar-refractivity contribution in [3.63, 3.8) is 0 Å². The Morgan fingerprint density at radius 2 is 2.04 bits per heavy atom. The van der Waals surface area contributed by atoms with Crippen molar-refractivity contribution in [2.45, 2.75) is 26.2 Å². The summed E-state index contributed by atoms with van der Waals surface area (Å²) in [5.41, 5.74) is 2.99. The van der Waals surface area contributed by atoms with Gasteiger partial charge in [-0.15, -0.1) is 0 Å². The fraction of sp³-hybridized carbons (Fsp3) is 0.200. The van der Waals surface area contributed by atoms with Crippen LogP contribution in [0.5, 0.6) is 0 Å². The quantitative estimate of drug-likeness (QED) is 0.476. The monoisotopic (exact) mass is 404 g/mol. The molecule has 134 valence electrons. The number of fused-ring (bicyclic) bond motifs is 1. The van der Waals surface area contributed by atoms with E-state index in [4.69, 9.17) is 23.2 Å². The van der Waals surface area contributed by atoms with Crippen molar-refractivity contribution in [3.05, 3.63) is 63.6 Å². The largest absolute Gasteiger partial charge is 0.298 e. The summed E-state index contributed by atoms with van der Waals surface area (Å²) in [4.78, 5) is 16.6. The molecule has 26 heavy (non-hydrogen) atoms. The summed E-state index contributed by atoms with van der Waals surface area (Å²) in [5, 5.41) is 4.34. The molecule has 1 heterocycles. The van der Waals surface area contributed by atoms with Crippen molar-refractivity contribution in [2.75, 3.05) is 5.32 Å². The maximum Gasteiger partial charge on any atom is 0.250 e. The van der Waals surface area contributed by atoms with Crippen molar-refractivity contribution in [1.29, 1.82) is 0 Å². The topological polar surface area (TPSA) is 42.0 Å². The van der Waals surface area contributed by atoms with Crippen LogP contribution in [-0.4, -0.2) is 10.9 Å². The highest BCUT2D eigenvalue weighted by Gasteiger charge is 2.09. The average Bonchev–Trinajstić information content (AvgIpc) is 3.03. The fourth-order valence-corrected chi connectivity index (χ4v) is 3.70. The SMILES string of the molecule is CCC(C)c1ccc2nc(NC(=O)/C=C/c3ccc(Cl)c(Cl)c3)sc2c1. The number of benzene rings is 2. The molecule has 0 spiro atoms. The van der Waals surface area contributed by atoms with Crippen LogP contribution in [0.3, 0.4) is 0 Å². The molecule has 0 radical (unpaired) electrons. The number of anilines is 1. The Labute approximate surface area is 166 Å². The minimum Gasteiger partial charge on any atom is -0.298 e. The van der Waals surface area contributed by atoms with Gasteiger partial charge < -0.3 is 0 Å². The van der Waals surface area contributed by atoms with Crippen LogP contribution in [0.2, 0.25) is 10.0 Å². The van der Waals surface area contributed by atoms with Gasteiger partial charge in [0.1, 0.15) is 0 Å². The van der Waals surface area contributed by atoms with Crippen LogP contribution in [-0.2, 0) is 4.79 Å². The van der Waals surface area contributed by atoms with Gasteiger partial charge in [0.2, 0.25) is 5.91 Å². The molecule has 0 bridgehead atoms. The number of carbonyl (C=O) groups excluding carboxylic acids is 1. The van der Waals surface area contributed by atoms with Crippen molar-refractivity contribution in [2.24, 2.45) is 0 Å². The van der Waals surface area contributed by atoms with E-state index in [9.17, 15) is 4.79 Å². The third kappa shape index (κ3) is 4.44. The van der Waals surface area contributed by atoms with Crippen molar-refractivity contribution in [1.82, 2.24) is 4.98 Å². The number of carbonyl (C=O) groups is 1. The van der Waals surface area contributed by atoms with Crippen molar-refractivity contribution in [3.8, 4) is 0 Å². The van der Waals surface area contributed by atoms with Gasteiger partial charge in [0, 0.05) is 6.08 Å². The Bertz CT molecular complexity index is 981. The van der Waals surface area contributed by atoms with Gasteiger partial charge in [-0.2, -0.15) is 0 Å². The highest BCUT2D eigenvalue weighted by molar-refractivity contribution is 7.22. The molecule has 1 aromatic heterocycles. The molecule has 3 rings (SSSR count). The first-order valence-electron chi connectivity index (χ1n) is 8.31. The van der Waals surface area contributed by atoms with E-state index in [0.717, 1.165) is 22.2 Å². The zero-order chi connectivity index (χ0) is 18.7. The number of halogens is 2. The van der Waals surface area contributed by atoms with Gasteiger partial charge in [-0.3, -0.25) is 10.1 Å². The molecule has 6 heteroatoms. The van der Waals surface area contributed by atoms with Crippen LogP contribution in [0.25, 0.3) is 16.3 Å². The van der Waals surface area contributed by atoms with E-state index in [2.05, 4.69) is 36.3 Å². The number of nitrogens with one attached hydrogen (secondary N) is 1. The Kier molecular flexibility index (Phi) is 5.97. The molecular weight excluding hydrogens is 387 g/mol. The van der Waals surface area contributed by atoms with E-state index >= 15 is 0 Å². The predicted octanol–water partition coefficient (Wildman–Crippen LogP) is 6.77. The van der Waals surface area contributed by atoms with Crippen LogP contribution in [0.1, 0.15) is 37.3 Å². The second-order valence-electron chi connectivity index (χ2n) is 6.05. The van der Waals surface area contributed by atoms with Gasteiger partial charge >= 0.3 is 0 Å². The molecule has 2 aromatic carbocycles. The maximum absolute atomic E-state index is 12.1. The van der Waals surface area contributed by atoms with Gasteiger partial charge in [-0.1, -0.05) is 60.5 Å². The summed E-state index contributed by atoms with van der Waals surface area (Å²) in [6, 6.07) is 11.5. The lowest BCUT2D eigenvalue weighted by Gasteiger charge is -2.07. The van der Waals surface area contributed by atoms with E-state index < -0.39 is 0 Å². The fourth-order valence-electron chi connectivity index (χ4n) is 2.47. The van der Waals surface area contributed by atoms with E-state index in [0.29, 0.717) is 21.1 Å². The molecule has 0 saturated heterocycles. The number of rotatable bonds is 5. The lowest BCUT2D eigenvalue weighted by atomic mass is 9.99. The molecule has 0 aliphatic carbocycles. The zero-order valence-corrected chi connectivity index (χ0v) is 16.8. The Morgan fingerprint density at radius 3 is 2.77 bits per heavy atom. The first kappa shape index (κ1) is 18.9. The third-order valence-electron chi connectivity index (χ3n) is 4.19. The number of amides is 1. The van der Waals surface area contributed by atoms with Crippen LogP contribution in [0.4, 0.5) is 5.13 Å². The first-order valence-corrected chi connectivity index (χ1v) is 9.88.